The molecule has 4 rings (SSSR count). The molecule has 9 heteroatoms. The summed E-state index contributed by atoms with van der Waals surface area (Å²) in [5.74, 6) is 0.0348. The molecule has 0 radical (unpaired) electrons. The van der Waals surface area contributed by atoms with Gasteiger partial charge in [0.2, 0.25) is 0 Å². The Bertz CT molecular complexity index is 975. The van der Waals surface area contributed by atoms with Crippen molar-refractivity contribution in [2.75, 3.05) is 36.4 Å². The number of amides is 1. The van der Waals surface area contributed by atoms with Gasteiger partial charge < -0.3 is 19.9 Å². The summed E-state index contributed by atoms with van der Waals surface area (Å²) in [6, 6.07) is 13.4. The van der Waals surface area contributed by atoms with Gasteiger partial charge in [0.15, 0.2) is 5.13 Å². The largest absolute Gasteiger partial charge is 0.435 e. The summed E-state index contributed by atoms with van der Waals surface area (Å²) in [6.45, 7) is -0.155. The van der Waals surface area contributed by atoms with Crippen LogP contribution in [0.3, 0.4) is 0 Å². The van der Waals surface area contributed by atoms with E-state index in [4.69, 9.17) is 0 Å². The number of nitrogens with zero attached hydrogens (tertiary/aromatic N) is 3. The van der Waals surface area contributed by atoms with E-state index < -0.39 is 6.61 Å². The summed E-state index contributed by atoms with van der Waals surface area (Å²) in [5.41, 5.74) is 1.89. The molecular formula is C21H20F2N4O2S. The molecule has 1 aliphatic rings. The lowest BCUT2D eigenvalue weighted by molar-refractivity contribution is -0.0498. The van der Waals surface area contributed by atoms with E-state index in [0.29, 0.717) is 30.0 Å². The zero-order valence-corrected chi connectivity index (χ0v) is 16.8. The maximum atomic E-state index is 13.1. The van der Waals surface area contributed by atoms with Crippen molar-refractivity contribution in [2.45, 2.75) is 6.61 Å². The minimum Gasteiger partial charge on any atom is -0.435 e. The molecule has 0 bridgehead atoms. The summed E-state index contributed by atoms with van der Waals surface area (Å²) in [7, 11) is 0. The Morgan fingerprint density at radius 3 is 2.47 bits per heavy atom. The van der Waals surface area contributed by atoms with Crippen LogP contribution in [-0.4, -0.2) is 48.6 Å². The third kappa shape index (κ3) is 4.68. The number of benzene rings is 2. The molecule has 1 N–H and O–H groups in total. The topological polar surface area (TPSA) is 57.7 Å². The van der Waals surface area contributed by atoms with Crippen molar-refractivity contribution in [2.24, 2.45) is 0 Å². The monoisotopic (exact) mass is 430 g/mol. The number of piperazine rings is 1. The molecule has 2 heterocycles. The van der Waals surface area contributed by atoms with Crippen LogP contribution in [0.25, 0.3) is 0 Å². The van der Waals surface area contributed by atoms with Crippen LogP contribution in [0.4, 0.5) is 25.3 Å². The van der Waals surface area contributed by atoms with Gasteiger partial charge in [0.05, 0.1) is 11.3 Å². The fourth-order valence-corrected chi connectivity index (χ4v) is 3.99. The van der Waals surface area contributed by atoms with E-state index in [2.05, 4.69) is 19.9 Å². The summed E-state index contributed by atoms with van der Waals surface area (Å²) in [6.07, 6.45) is 1.78. The number of ether oxygens (including phenoxy) is 1. The maximum absolute atomic E-state index is 13.1. The SMILES string of the molecule is O=C(c1ccccc1Nc1ccc(OC(F)F)cc1)N1CCN(c2nccs2)CC1. The molecule has 6 nitrogen and oxygen atoms in total. The first-order valence-electron chi connectivity index (χ1n) is 9.45. The van der Waals surface area contributed by atoms with Gasteiger partial charge in [-0.05, 0) is 36.4 Å². The van der Waals surface area contributed by atoms with Crippen LogP contribution >= 0.6 is 11.3 Å². The van der Waals surface area contributed by atoms with Crippen molar-refractivity contribution < 1.29 is 18.3 Å². The Kier molecular flexibility index (Phi) is 6.08. The van der Waals surface area contributed by atoms with Crippen LogP contribution in [0.2, 0.25) is 0 Å². The summed E-state index contributed by atoms with van der Waals surface area (Å²) < 4.78 is 29.0. The lowest BCUT2D eigenvalue weighted by Gasteiger charge is -2.34. The van der Waals surface area contributed by atoms with Gasteiger partial charge in [0.1, 0.15) is 5.75 Å². The van der Waals surface area contributed by atoms with Crippen LogP contribution in [0.1, 0.15) is 10.4 Å². The van der Waals surface area contributed by atoms with Gasteiger partial charge in [-0.15, -0.1) is 11.3 Å². The highest BCUT2D eigenvalue weighted by atomic mass is 32.1. The molecule has 0 atom stereocenters. The minimum absolute atomic E-state index is 0.0467. The molecule has 156 valence electrons. The molecule has 1 fully saturated rings. The van der Waals surface area contributed by atoms with E-state index in [9.17, 15) is 13.6 Å². The Morgan fingerprint density at radius 1 is 1.07 bits per heavy atom. The minimum atomic E-state index is -2.86. The molecule has 0 spiro atoms. The molecule has 30 heavy (non-hydrogen) atoms. The van der Waals surface area contributed by atoms with Gasteiger partial charge in [-0.25, -0.2) is 4.98 Å². The number of rotatable bonds is 6. The van der Waals surface area contributed by atoms with Gasteiger partial charge in [-0.2, -0.15) is 8.78 Å². The Balaban J connectivity index is 1.43. The molecule has 3 aromatic rings. The first-order valence-corrected chi connectivity index (χ1v) is 10.3. The van der Waals surface area contributed by atoms with Gasteiger partial charge in [-0.3, -0.25) is 4.79 Å². The van der Waals surface area contributed by atoms with Crippen LogP contribution in [0, 0.1) is 0 Å². The maximum Gasteiger partial charge on any atom is 0.387 e. The van der Waals surface area contributed by atoms with Gasteiger partial charge in [0.25, 0.3) is 5.91 Å². The van der Waals surface area contributed by atoms with E-state index in [1.165, 1.54) is 12.1 Å². The van der Waals surface area contributed by atoms with Crippen molar-refractivity contribution in [3.8, 4) is 5.75 Å². The molecule has 0 saturated carbocycles. The molecule has 1 aliphatic heterocycles. The lowest BCUT2D eigenvalue weighted by atomic mass is 10.1. The van der Waals surface area contributed by atoms with Gasteiger partial charge in [0, 0.05) is 43.4 Å². The van der Waals surface area contributed by atoms with Crippen LogP contribution in [0.5, 0.6) is 5.75 Å². The number of hydrogen-bond donors (Lipinski definition) is 1. The average molecular weight is 430 g/mol. The van der Waals surface area contributed by atoms with E-state index in [0.717, 1.165) is 18.2 Å². The van der Waals surface area contributed by atoms with Crippen LogP contribution in [-0.2, 0) is 0 Å². The number of hydrogen-bond acceptors (Lipinski definition) is 6. The molecule has 1 aromatic heterocycles. The van der Waals surface area contributed by atoms with E-state index >= 15 is 0 Å². The molecule has 1 amide bonds. The first-order chi connectivity index (χ1) is 14.6. The third-order valence-corrected chi connectivity index (χ3v) is 5.60. The number of thiazole rings is 1. The molecule has 2 aromatic carbocycles. The van der Waals surface area contributed by atoms with Gasteiger partial charge in [-0.1, -0.05) is 12.1 Å². The number of carbonyl (C=O) groups excluding carboxylic acids is 1. The van der Waals surface area contributed by atoms with E-state index in [1.807, 2.05) is 28.5 Å². The number of carbonyl (C=O) groups is 1. The highest BCUT2D eigenvalue weighted by molar-refractivity contribution is 7.13. The summed E-state index contributed by atoms with van der Waals surface area (Å²) in [4.78, 5) is 21.5. The number of aromatic nitrogens is 1. The zero-order chi connectivity index (χ0) is 20.9. The van der Waals surface area contributed by atoms with Crippen molar-refractivity contribution in [1.82, 2.24) is 9.88 Å². The number of halogens is 2. The number of alkyl halides is 2. The quantitative estimate of drug-likeness (QED) is 0.626. The highest BCUT2D eigenvalue weighted by Crippen LogP contribution is 2.26. The summed E-state index contributed by atoms with van der Waals surface area (Å²) in [5, 5.41) is 6.12. The zero-order valence-electron chi connectivity index (χ0n) is 16.0. The second-order valence-corrected chi connectivity index (χ2v) is 7.54. The van der Waals surface area contributed by atoms with Crippen molar-refractivity contribution in [3.63, 3.8) is 0 Å². The average Bonchev–Trinajstić information content (AvgIpc) is 3.30. The number of nitrogens with one attached hydrogen (secondary N) is 1. The Hall–Kier alpha value is -3.20. The smallest absolute Gasteiger partial charge is 0.387 e. The molecule has 0 aliphatic carbocycles. The predicted octanol–water partition coefficient (Wildman–Crippen LogP) is 4.45. The second-order valence-electron chi connectivity index (χ2n) is 6.67. The fraction of sp³-hybridized carbons (Fsp3) is 0.238. The molecule has 0 unspecified atom stereocenters. The normalized spacial score (nSPS) is 14.1. The Labute approximate surface area is 176 Å². The number of anilines is 3. The molecule has 1 saturated heterocycles. The van der Waals surface area contributed by atoms with E-state index in [-0.39, 0.29) is 11.7 Å². The van der Waals surface area contributed by atoms with Crippen molar-refractivity contribution in [1.29, 1.82) is 0 Å². The summed E-state index contributed by atoms with van der Waals surface area (Å²) >= 11 is 1.59. The number of para-hydroxylation sites is 1. The van der Waals surface area contributed by atoms with E-state index in [1.54, 1.807) is 35.7 Å². The van der Waals surface area contributed by atoms with Crippen molar-refractivity contribution >= 4 is 33.8 Å². The van der Waals surface area contributed by atoms with Crippen molar-refractivity contribution in [3.05, 3.63) is 65.7 Å². The third-order valence-electron chi connectivity index (χ3n) is 4.77. The van der Waals surface area contributed by atoms with Gasteiger partial charge >= 0.3 is 6.61 Å². The fourth-order valence-electron chi connectivity index (χ4n) is 3.30. The highest BCUT2D eigenvalue weighted by Gasteiger charge is 2.24. The second kappa shape index (κ2) is 9.08. The van der Waals surface area contributed by atoms with Crippen LogP contribution in [0.15, 0.2) is 60.1 Å². The molecular weight excluding hydrogens is 410 g/mol. The van der Waals surface area contributed by atoms with Crippen LogP contribution < -0.4 is 15.0 Å². The Morgan fingerprint density at radius 2 is 1.80 bits per heavy atom. The standard InChI is InChI=1S/C21H20F2N4O2S/c22-20(23)29-16-7-5-15(6-8-16)25-18-4-2-1-3-17(18)19(28)26-10-12-27(13-11-26)21-24-9-14-30-21/h1-9,14,20,25H,10-13H2. The lowest BCUT2D eigenvalue weighted by Crippen LogP contribution is -2.48. The first kappa shape index (κ1) is 20.1. The predicted molar refractivity (Wildman–Crippen MR) is 113 cm³/mol.